The molecule has 1 aromatic carbocycles. The van der Waals surface area contributed by atoms with E-state index in [1.807, 2.05) is 6.07 Å². The maximum absolute atomic E-state index is 13.2. The van der Waals surface area contributed by atoms with Crippen LogP contribution in [0.4, 0.5) is 4.39 Å². The first-order valence-corrected chi connectivity index (χ1v) is 5.93. The standard InChI is InChI=1S/C12H16ClFN2/c1-9-7-16(6-5-15-9)8-10-3-2-4-11(14)12(10)13/h2-4,9,15H,5-8H2,1H3. The van der Waals surface area contributed by atoms with Gasteiger partial charge in [-0.05, 0) is 18.6 Å². The molecule has 16 heavy (non-hydrogen) atoms. The lowest BCUT2D eigenvalue weighted by Gasteiger charge is -2.32. The van der Waals surface area contributed by atoms with E-state index in [1.165, 1.54) is 6.07 Å². The Morgan fingerprint density at radius 2 is 2.38 bits per heavy atom. The fraction of sp³-hybridized carbons (Fsp3) is 0.500. The smallest absolute Gasteiger partial charge is 0.142 e. The summed E-state index contributed by atoms with van der Waals surface area (Å²) in [4.78, 5) is 2.29. The van der Waals surface area contributed by atoms with Crippen LogP contribution in [0.1, 0.15) is 12.5 Å². The number of hydrogen-bond donors (Lipinski definition) is 1. The van der Waals surface area contributed by atoms with Crippen molar-refractivity contribution < 1.29 is 4.39 Å². The van der Waals surface area contributed by atoms with Crippen molar-refractivity contribution in [1.29, 1.82) is 0 Å². The molecule has 1 unspecified atom stereocenters. The predicted octanol–water partition coefficient (Wildman–Crippen LogP) is 2.27. The number of halogens is 2. The molecule has 0 amide bonds. The first-order chi connectivity index (χ1) is 7.66. The SMILES string of the molecule is CC1CN(Cc2cccc(F)c2Cl)CCN1. The van der Waals surface area contributed by atoms with Crippen LogP contribution in [0.2, 0.25) is 5.02 Å². The lowest BCUT2D eigenvalue weighted by molar-refractivity contribution is 0.199. The van der Waals surface area contributed by atoms with Gasteiger partial charge in [-0.1, -0.05) is 23.7 Å². The number of rotatable bonds is 2. The largest absolute Gasteiger partial charge is 0.312 e. The highest BCUT2D eigenvalue weighted by atomic mass is 35.5. The Bertz CT molecular complexity index is 370. The van der Waals surface area contributed by atoms with Crippen LogP contribution in [0.15, 0.2) is 18.2 Å². The van der Waals surface area contributed by atoms with Crippen molar-refractivity contribution >= 4 is 11.6 Å². The molecule has 1 aliphatic rings. The van der Waals surface area contributed by atoms with Crippen molar-refractivity contribution in [2.45, 2.75) is 19.5 Å². The first kappa shape index (κ1) is 11.8. The van der Waals surface area contributed by atoms with Gasteiger partial charge < -0.3 is 5.32 Å². The van der Waals surface area contributed by atoms with Crippen LogP contribution in [-0.4, -0.2) is 30.6 Å². The maximum Gasteiger partial charge on any atom is 0.142 e. The minimum Gasteiger partial charge on any atom is -0.312 e. The normalized spacial score (nSPS) is 22.3. The van der Waals surface area contributed by atoms with Crippen molar-refractivity contribution in [3.8, 4) is 0 Å². The van der Waals surface area contributed by atoms with E-state index in [9.17, 15) is 4.39 Å². The number of nitrogens with one attached hydrogen (secondary N) is 1. The lowest BCUT2D eigenvalue weighted by atomic mass is 10.1. The molecule has 0 saturated carbocycles. The highest BCUT2D eigenvalue weighted by Crippen LogP contribution is 2.21. The summed E-state index contributed by atoms with van der Waals surface area (Å²) in [6.45, 7) is 5.82. The molecule has 1 atom stereocenters. The molecule has 1 saturated heterocycles. The zero-order valence-electron chi connectivity index (χ0n) is 9.34. The summed E-state index contributed by atoms with van der Waals surface area (Å²) in [5, 5.41) is 3.63. The predicted molar refractivity (Wildman–Crippen MR) is 64.2 cm³/mol. The van der Waals surface area contributed by atoms with Gasteiger partial charge in [-0.2, -0.15) is 0 Å². The Hall–Kier alpha value is -0.640. The third-order valence-electron chi connectivity index (χ3n) is 2.88. The van der Waals surface area contributed by atoms with Gasteiger partial charge in [-0.3, -0.25) is 4.90 Å². The molecule has 0 bridgehead atoms. The van der Waals surface area contributed by atoms with Gasteiger partial charge in [0.1, 0.15) is 5.82 Å². The van der Waals surface area contributed by atoms with Gasteiger partial charge in [0.2, 0.25) is 0 Å². The highest BCUT2D eigenvalue weighted by Gasteiger charge is 2.17. The van der Waals surface area contributed by atoms with E-state index in [4.69, 9.17) is 11.6 Å². The highest BCUT2D eigenvalue weighted by molar-refractivity contribution is 6.31. The van der Waals surface area contributed by atoms with E-state index < -0.39 is 0 Å². The van der Waals surface area contributed by atoms with Crippen LogP contribution in [0.3, 0.4) is 0 Å². The fourth-order valence-electron chi connectivity index (χ4n) is 2.07. The molecule has 0 spiro atoms. The van der Waals surface area contributed by atoms with Gasteiger partial charge in [0.05, 0.1) is 5.02 Å². The fourth-order valence-corrected chi connectivity index (χ4v) is 2.25. The summed E-state index contributed by atoms with van der Waals surface area (Å²) in [5.41, 5.74) is 0.871. The summed E-state index contributed by atoms with van der Waals surface area (Å²) in [6, 6.07) is 5.48. The Morgan fingerprint density at radius 3 is 3.12 bits per heavy atom. The molecule has 1 aromatic rings. The summed E-state index contributed by atoms with van der Waals surface area (Å²) in [5.74, 6) is -0.331. The summed E-state index contributed by atoms with van der Waals surface area (Å²) in [6.07, 6.45) is 0. The summed E-state index contributed by atoms with van der Waals surface area (Å²) in [7, 11) is 0. The third kappa shape index (κ3) is 2.73. The summed E-state index contributed by atoms with van der Waals surface area (Å²) >= 11 is 5.93. The lowest BCUT2D eigenvalue weighted by Crippen LogP contribution is -2.48. The zero-order valence-corrected chi connectivity index (χ0v) is 10.1. The van der Waals surface area contributed by atoms with E-state index in [1.54, 1.807) is 6.07 Å². The zero-order chi connectivity index (χ0) is 11.5. The van der Waals surface area contributed by atoms with Crippen molar-refractivity contribution in [1.82, 2.24) is 10.2 Å². The first-order valence-electron chi connectivity index (χ1n) is 5.55. The Balaban J connectivity index is 2.05. The van der Waals surface area contributed by atoms with Crippen molar-refractivity contribution in [3.05, 3.63) is 34.6 Å². The minimum atomic E-state index is -0.331. The number of hydrogen-bond acceptors (Lipinski definition) is 2. The Labute approximate surface area is 100 Å². The van der Waals surface area contributed by atoms with Crippen LogP contribution < -0.4 is 5.32 Å². The molecular formula is C12H16ClFN2. The second kappa shape index (κ2) is 5.13. The van der Waals surface area contributed by atoms with Gasteiger partial charge >= 0.3 is 0 Å². The van der Waals surface area contributed by atoms with E-state index in [0.717, 1.165) is 31.7 Å². The minimum absolute atomic E-state index is 0.258. The maximum atomic E-state index is 13.2. The molecule has 1 aliphatic heterocycles. The average molecular weight is 243 g/mol. The van der Waals surface area contributed by atoms with Gasteiger partial charge in [0.15, 0.2) is 0 Å². The number of nitrogens with zero attached hydrogens (tertiary/aromatic N) is 1. The molecule has 0 radical (unpaired) electrons. The molecule has 4 heteroatoms. The quantitative estimate of drug-likeness (QED) is 0.856. The molecule has 88 valence electrons. The van der Waals surface area contributed by atoms with Crippen LogP contribution >= 0.6 is 11.6 Å². The van der Waals surface area contributed by atoms with Gasteiger partial charge in [-0.15, -0.1) is 0 Å². The molecular weight excluding hydrogens is 227 g/mol. The van der Waals surface area contributed by atoms with E-state index >= 15 is 0 Å². The molecule has 2 nitrogen and oxygen atoms in total. The Kier molecular flexibility index (Phi) is 3.79. The van der Waals surface area contributed by atoms with Crippen LogP contribution in [-0.2, 0) is 6.54 Å². The van der Waals surface area contributed by atoms with Crippen LogP contribution in [0.5, 0.6) is 0 Å². The monoisotopic (exact) mass is 242 g/mol. The van der Waals surface area contributed by atoms with Crippen LogP contribution in [0.25, 0.3) is 0 Å². The summed E-state index contributed by atoms with van der Waals surface area (Å²) < 4.78 is 13.2. The third-order valence-corrected chi connectivity index (χ3v) is 3.30. The average Bonchev–Trinajstić information content (AvgIpc) is 2.25. The van der Waals surface area contributed by atoms with Gasteiger partial charge in [0, 0.05) is 32.2 Å². The molecule has 2 rings (SSSR count). The van der Waals surface area contributed by atoms with Crippen LogP contribution in [0, 0.1) is 5.82 Å². The number of benzene rings is 1. The van der Waals surface area contributed by atoms with Crippen molar-refractivity contribution in [2.24, 2.45) is 0 Å². The second-order valence-corrected chi connectivity index (χ2v) is 4.68. The topological polar surface area (TPSA) is 15.3 Å². The molecule has 0 aromatic heterocycles. The molecule has 0 aliphatic carbocycles. The van der Waals surface area contributed by atoms with E-state index in [-0.39, 0.29) is 10.8 Å². The van der Waals surface area contributed by atoms with Crippen molar-refractivity contribution in [3.63, 3.8) is 0 Å². The van der Waals surface area contributed by atoms with Gasteiger partial charge in [-0.25, -0.2) is 4.39 Å². The van der Waals surface area contributed by atoms with Crippen molar-refractivity contribution in [2.75, 3.05) is 19.6 Å². The molecule has 1 fully saturated rings. The van der Waals surface area contributed by atoms with E-state index in [2.05, 4.69) is 17.1 Å². The Morgan fingerprint density at radius 1 is 1.56 bits per heavy atom. The molecule has 1 heterocycles. The van der Waals surface area contributed by atoms with E-state index in [0.29, 0.717) is 6.04 Å². The second-order valence-electron chi connectivity index (χ2n) is 4.30. The molecule has 1 N–H and O–H groups in total. The number of piperazine rings is 1. The van der Waals surface area contributed by atoms with Gasteiger partial charge in [0.25, 0.3) is 0 Å².